The first kappa shape index (κ1) is 20.6. The number of amides is 1. The Morgan fingerprint density at radius 3 is 2.86 bits per heavy atom. The van der Waals surface area contributed by atoms with Crippen LogP contribution >= 0.6 is 11.8 Å². The molecule has 1 aliphatic rings. The zero-order valence-corrected chi connectivity index (χ0v) is 16.7. The minimum Gasteiger partial charge on any atom is -0.438 e. The van der Waals surface area contributed by atoms with Crippen molar-refractivity contribution in [1.82, 2.24) is 10.3 Å². The normalized spacial score (nSPS) is 15.8. The number of ether oxygens (including phenoxy) is 1. The fraction of sp³-hybridized carbons (Fsp3) is 0.429. The number of carbonyl (C=O) groups excluding carboxylic acids is 1. The standard InChI is InChI=1S/C21H25FN2O3S/c1-2-28-17-8-6-7-16(12-17)27-20-18(11-15(22)13-23-20)19(25)24-14-21(26)9-4-3-5-10-21/h6-8,11-13,26H,2-5,9-10,14H2,1H3,(H,24,25). The Morgan fingerprint density at radius 2 is 2.11 bits per heavy atom. The van der Waals surface area contributed by atoms with Gasteiger partial charge in [0, 0.05) is 11.4 Å². The Hall–Kier alpha value is -2.12. The molecule has 0 spiro atoms. The van der Waals surface area contributed by atoms with Crippen molar-refractivity contribution in [2.75, 3.05) is 12.3 Å². The third-order valence-electron chi connectivity index (χ3n) is 4.76. The summed E-state index contributed by atoms with van der Waals surface area (Å²) < 4.78 is 19.5. The van der Waals surface area contributed by atoms with Crippen LogP contribution in [-0.2, 0) is 0 Å². The summed E-state index contributed by atoms with van der Waals surface area (Å²) in [5.74, 6) is 0.351. The molecule has 1 aromatic carbocycles. The van der Waals surface area contributed by atoms with E-state index in [1.165, 1.54) is 0 Å². The molecule has 0 radical (unpaired) electrons. The second kappa shape index (κ2) is 9.39. The van der Waals surface area contributed by atoms with E-state index in [1.807, 2.05) is 18.2 Å². The number of aliphatic hydroxyl groups is 1. The van der Waals surface area contributed by atoms with Crippen LogP contribution in [0.3, 0.4) is 0 Å². The van der Waals surface area contributed by atoms with Crippen molar-refractivity contribution < 1.29 is 19.0 Å². The van der Waals surface area contributed by atoms with Crippen LogP contribution in [0.25, 0.3) is 0 Å². The number of halogens is 1. The first-order chi connectivity index (χ1) is 13.5. The molecule has 2 aromatic rings. The van der Waals surface area contributed by atoms with Gasteiger partial charge in [-0.15, -0.1) is 11.8 Å². The van der Waals surface area contributed by atoms with Crippen LogP contribution in [0.15, 0.2) is 41.4 Å². The van der Waals surface area contributed by atoms with Crippen molar-refractivity contribution in [2.45, 2.75) is 49.5 Å². The molecule has 1 fully saturated rings. The number of nitrogens with one attached hydrogen (secondary N) is 1. The molecule has 0 bridgehead atoms. The number of hydrogen-bond donors (Lipinski definition) is 2. The van der Waals surface area contributed by atoms with E-state index < -0.39 is 17.3 Å². The van der Waals surface area contributed by atoms with Crippen LogP contribution < -0.4 is 10.1 Å². The summed E-state index contributed by atoms with van der Waals surface area (Å²) in [7, 11) is 0. The Kier molecular flexibility index (Phi) is 6.91. The van der Waals surface area contributed by atoms with Crippen LogP contribution in [0.4, 0.5) is 4.39 Å². The topological polar surface area (TPSA) is 71.5 Å². The van der Waals surface area contributed by atoms with Gasteiger partial charge >= 0.3 is 0 Å². The fourth-order valence-corrected chi connectivity index (χ4v) is 4.01. The predicted molar refractivity (Wildman–Crippen MR) is 107 cm³/mol. The number of carbonyl (C=O) groups is 1. The lowest BCUT2D eigenvalue weighted by atomic mass is 9.85. The summed E-state index contributed by atoms with van der Waals surface area (Å²) in [6, 6.07) is 8.54. The lowest BCUT2D eigenvalue weighted by Gasteiger charge is -2.32. The van der Waals surface area contributed by atoms with E-state index in [1.54, 1.807) is 17.8 Å². The molecule has 5 nitrogen and oxygen atoms in total. The number of thioether (sulfide) groups is 1. The number of nitrogens with zero attached hydrogens (tertiary/aromatic N) is 1. The first-order valence-electron chi connectivity index (χ1n) is 9.56. The Bertz CT molecular complexity index is 825. The molecule has 1 heterocycles. The maximum Gasteiger partial charge on any atom is 0.256 e. The molecule has 7 heteroatoms. The highest BCUT2D eigenvalue weighted by molar-refractivity contribution is 7.99. The van der Waals surface area contributed by atoms with E-state index in [-0.39, 0.29) is 18.0 Å². The highest BCUT2D eigenvalue weighted by Gasteiger charge is 2.30. The van der Waals surface area contributed by atoms with Crippen LogP contribution in [-0.4, -0.2) is 33.9 Å². The van der Waals surface area contributed by atoms with Gasteiger partial charge in [0.15, 0.2) is 0 Å². The molecule has 1 saturated carbocycles. The second-order valence-corrected chi connectivity index (χ2v) is 8.32. The molecule has 0 saturated heterocycles. The Balaban J connectivity index is 1.74. The van der Waals surface area contributed by atoms with Crippen molar-refractivity contribution in [3.8, 4) is 11.6 Å². The molecule has 1 aliphatic carbocycles. The average Bonchev–Trinajstić information content (AvgIpc) is 2.69. The molecule has 1 aromatic heterocycles. The van der Waals surface area contributed by atoms with Crippen LogP contribution in [0.1, 0.15) is 49.4 Å². The van der Waals surface area contributed by atoms with Crippen molar-refractivity contribution in [3.05, 3.63) is 47.9 Å². The Morgan fingerprint density at radius 1 is 1.32 bits per heavy atom. The predicted octanol–water partition coefficient (Wildman–Crippen LogP) is 4.55. The van der Waals surface area contributed by atoms with Crippen molar-refractivity contribution in [3.63, 3.8) is 0 Å². The molecule has 28 heavy (non-hydrogen) atoms. The number of rotatable bonds is 7. The van der Waals surface area contributed by atoms with Gasteiger partial charge in [0.05, 0.1) is 11.8 Å². The van der Waals surface area contributed by atoms with E-state index in [0.717, 1.165) is 42.2 Å². The van der Waals surface area contributed by atoms with Gasteiger partial charge in [-0.05, 0) is 42.9 Å². The SMILES string of the molecule is CCSc1cccc(Oc2ncc(F)cc2C(=O)NCC2(O)CCCCC2)c1. The summed E-state index contributed by atoms with van der Waals surface area (Å²) in [5.41, 5.74) is -0.894. The average molecular weight is 405 g/mol. The van der Waals surface area contributed by atoms with Crippen molar-refractivity contribution >= 4 is 17.7 Å². The number of pyridine rings is 1. The fourth-order valence-electron chi connectivity index (χ4n) is 3.30. The zero-order chi connectivity index (χ0) is 20.0. The summed E-state index contributed by atoms with van der Waals surface area (Å²) in [5, 5.41) is 13.3. The van der Waals surface area contributed by atoms with E-state index in [9.17, 15) is 14.3 Å². The summed E-state index contributed by atoms with van der Waals surface area (Å²) >= 11 is 1.67. The highest BCUT2D eigenvalue weighted by Crippen LogP contribution is 2.29. The van der Waals surface area contributed by atoms with E-state index in [2.05, 4.69) is 17.2 Å². The van der Waals surface area contributed by atoms with Gasteiger partial charge in [-0.3, -0.25) is 4.79 Å². The molecule has 2 N–H and O–H groups in total. The first-order valence-corrected chi connectivity index (χ1v) is 10.5. The van der Waals surface area contributed by atoms with Crippen molar-refractivity contribution in [1.29, 1.82) is 0 Å². The largest absolute Gasteiger partial charge is 0.438 e. The number of aromatic nitrogens is 1. The minimum atomic E-state index is -0.901. The molecule has 0 aliphatic heterocycles. The molecule has 150 valence electrons. The maximum absolute atomic E-state index is 13.7. The van der Waals surface area contributed by atoms with Gasteiger partial charge in [0.25, 0.3) is 5.91 Å². The lowest BCUT2D eigenvalue weighted by Crippen LogP contribution is -2.44. The van der Waals surface area contributed by atoms with Crippen LogP contribution in [0.5, 0.6) is 11.6 Å². The Labute approximate surface area is 168 Å². The maximum atomic E-state index is 13.7. The van der Waals surface area contributed by atoms with Gasteiger partial charge < -0.3 is 15.2 Å². The monoisotopic (exact) mass is 404 g/mol. The van der Waals surface area contributed by atoms with E-state index in [4.69, 9.17) is 4.74 Å². The molecular weight excluding hydrogens is 379 g/mol. The number of hydrogen-bond acceptors (Lipinski definition) is 5. The lowest BCUT2D eigenvalue weighted by molar-refractivity contribution is 0.00522. The van der Waals surface area contributed by atoms with Crippen molar-refractivity contribution in [2.24, 2.45) is 0 Å². The van der Waals surface area contributed by atoms with Crippen LogP contribution in [0, 0.1) is 5.82 Å². The summed E-state index contributed by atoms with van der Waals surface area (Å²) in [4.78, 5) is 17.6. The van der Waals surface area contributed by atoms with E-state index in [0.29, 0.717) is 18.6 Å². The van der Waals surface area contributed by atoms with Crippen LogP contribution in [0.2, 0.25) is 0 Å². The minimum absolute atomic E-state index is 0.00737. The van der Waals surface area contributed by atoms with Gasteiger partial charge in [-0.1, -0.05) is 32.3 Å². The molecular formula is C21H25FN2O3S. The van der Waals surface area contributed by atoms with Gasteiger partial charge in [0.2, 0.25) is 5.88 Å². The molecule has 0 unspecified atom stereocenters. The van der Waals surface area contributed by atoms with Gasteiger partial charge in [0.1, 0.15) is 17.1 Å². The van der Waals surface area contributed by atoms with Gasteiger partial charge in [-0.25, -0.2) is 9.37 Å². The third-order valence-corrected chi connectivity index (χ3v) is 5.63. The molecule has 0 atom stereocenters. The quantitative estimate of drug-likeness (QED) is 0.663. The highest BCUT2D eigenvalue weighted by atomic mass is 32.2. The zero-order valence-electron chi connectivity index (χ0n) is 15.9. The van der Waals surface area contributed by atoms with E-state index >= 15 is 0 Å². The van der Waals surface area contributed by atoms with Gasteiger partial charge in [-0.2, -0.15) is 0 Å². The summed E-state index contributed by atoms with van der Waals surface area (Å²) in [6.07, 6.45) is 5.30. The third kappa shape index (κ3) is 5.45. The smallest absolute Gasteiger partial charge is 0.256 e. The molecule has 3 rings (SSSR count). The second-order valence-electron chi connectivity index (χ2n) is 6.98. The molecule has 1 amide bonds. The number of benzene rings is 1. The summed E-state index contributed by atoms with van der Waals surface area (Å²) in [6.45, 7) is 2.19.